The normalized spacial score (nSPS) is 10.8. The third-order valence-corrected chi connectivity index (χ3v) is 4.64. The van der Waals surface area contributed by atoms with E-state index in [1.807, 2.05) is 25.1 Å². The number of furan rings is 1. The van der Waals surface area contributed by atoms with Crippen molar-refractivity contribution in [2.45, 2.75) is 6.92 Å². The quantitative estimate of drug-likeness (QED) is 0.627. The summed E-state index contributed by atoms with van der Waals surface area (Å²) >= 11 is 3.45. The van der Waals surface area contributed by atoms with Gasteiger partial charge in [-0.2, -0.15) is 0 Å². The molecule has 1 aromatic heterocycles. The molecule has 0 saturated carbocycles. The molecule has 0 aliphatic heterocycles. The van der Waals surface area contributed by atoms with Gasteiger partial charge in [-0.1, -0.05) is 15.9 Å². The Kier molecular flexibility index (Phi) is 4.72. The summed E-state index contributed by atoms with van der Waals surface area (Å²) < 4.78 is 17.3. The van der Waals surface area contributed by atoms with E-state index >= 15 is 0 Å². The fourth-order valence-corrected chi connectivity index (χ4v) is 3.06. The number of halogens is 1. The van der Waals surface area contributed by atoms with Crippen molar-refractivity contribution in [1.29, 1.82) is 0 Å². The first-order chi connectivity index (χ1) is 12.0. The molecule has 1 heterocycles. The van der Waals surface area contributed by atoms with Crippen LogP contribution in [0.4, 0.5) is 5.69 Å². The number of amides is 1. The zero-order valence-electron chi connectivity index (χ0n) is 14.4. The largest absolute Gasteiger partial charge is 0.493 e. The molecule has 6 heteroatoms. The van der Waals surface area contributed by atoms with E-state index in [9.17, 15) is 4.79 Å². The van der Waals surface area contributed by atoms with Gasteiger partial charge >= 0.3 is 0 Å². The van der Waals surface area contributed by atoms with Gasteiger partial charge in [0.1, 0.15) is 5.58 Å². The number of methoxy groups -OCH3 is 2. The summed E-state index contributed by atoms with van der Waals surface area (Å²) in [7, 11) is 4.83. The van der Waals surface area contributed by atoms with Gasteiger partial charge in [0.2, 0.25) is 0 Å². The van der Waals surface area contributed by atoms with Gasteiger partial charge in [-0.3, -0.25) is 4.79 Å². The van der Waals surface area contributed by atoms with Gasteiger partial charge in [-0.15, -0.1) is 0 Å². The number of carbonyl (C=O) groups excluding carboxylic acids is 1. The van der Waals surface area contributed by atoms with Crippen molar-refractivity contribution >= 4 is 38.5 Å². The number of hydrogen-bond donors (Lipinski definition) is 0. The first-order valence-corrected chi connectivity index (χ1v) is 8.44. The molecule has 0 spiro atoms. The van der Waals surface area contributed by atoms with Crippen molar-refractivity contribution in [3.8, 4) is 11.5 Å². The molecule has 2 aromatic carbocycles. The Labute approximate surface area is 154 Å². The van der Waals surface area contributed by atoms with Crippen molar-refractivity contribution in [3.05, 3.63) is 52.2 Å². The Morgan fingerprint density at radius 2 is 1.80 bits per heavy atom. The zero-order valence-corrected chi connectivity index (χ0v) is 16.0. The molecule has 0 N–H and O–H groups in total. The second-order valence-electron chi connectivity index (χ2n) is 5.60. The van der Waals surface area contributed by atoms with Crippen molar-refractivity contribution < 1.29 is 18.7 Å². The van der Waals surface area contributed by atoms with E-state index in [0.29, 0.717) is 28.5 Å². The van der Waals surface area contributed by atoms with Crippen LogP contribution in [0.25, 0.3) is 11.0 Å². The Morgan fingerprint density at radius 1 is 1.08 bits per heavy atom. The van der Waals surface area contributed by atoms with Gasteiger partial charge in [0, 0.05) is 34.2 Å². The summed E-state index contributed by atoms with van der Waals surface area (Å²) in [5, 5.41) is 0.915. The highest BCUT2D eigenvalue weighted by Gasteiger charge is 2.23. The molecule has 0 fully saturated rings. The SMILES string of the molecule is COc1ccc(N(C)C(=O)c2oc3ccc(Br)cc3c2C)cc1OC. The average Bonchev–Trinajstić information content (AvgIpc) is 2.96. The third-order valence-electron chi connectivity index (χ3n) is 4.15. The molecule has 0 atom stereocenters. The standard InChI is InChI=1S/C19H18BrNO4/c1-11-14-9-12(20)5-7-15(14)25-18(11)19(22)21(2)13-6-8-16(23-3)17(10-13)24-4/h5-10H,1-4H3. The summed E-state index contributed by atoms with van der Waals surface area (Å²) in [6, 6.07) is 11.0. The number of carbonyl (C=O) groups is 1. The minimum absolute atomic E-state index is 0.225. The number of rotatable bonds is 4. The number of fused-ring (bicyclic) bond motifs is 1. The van der Waals surface area contributed by atoms with E-state index in [1.165, 1.54) is 4.90 Å². The van der Waals surface area contributed by atoms with Gasteiger partial charge in [-0.25, -0.2) is 0 Å². The van der Waals surface area contributed by atoms with Crippen LogP contribution in [0.1, 0.15) is 16.1 Å². The Hall–Kier alpha value is -2.47. The maximum atomic E-state index is 12.9. The number of ether oxygens (including phenoxy) is 2. The third kappa shape index (κ3) is 3.09. The molecule has 0 aliphatic rings. The Bertz CT molecular complexity index is 948. The number of benzene rings is 2. The lowest BCUT2D eigenvalue weighted by Gasteiger charge is -2.18. The lowest BCUT2D eigenvalue weighted by molar-refractivity contribution is 0.0967. The molecule has 3 aromatic rings. The molecule has 25 heavy (non-hydrogen) atoms. The predicted molar refractivity (Wildman–Crippen MR) is 101 cm³/mol. The Balaban J connectivity index is 1.99. The lowest BCUT2D eigenvalue weighted by atomic mass is 10.1. The second kappa shape index (κ2) is 6.80. The number of nitrogens with zero attached hydrogens (tertiary/aromatic N) is 1. The smallest absolute Gasteiger partial charge is 0.294 e. The van der Waals surface area contributed by atoms with Crippen molar-refractivity contribution in [1.82, 2.24) is 0 Å². The van der Waals surface area contributed by atoms with Crippen LogP contribution in [0.15, 0.2) is 45.3 Å². The molecule has 0 aliphatic carbocycles. The summed E-state index contributed by atoms with van der Waals surface area (Å²) in [5.74, 6) is 1.27. The average molecular weight is 404 g/mol. The van der Waals surface area contributed by atoms with Gasteiger partial charge in [0.25, 0.3) is 5.91 Å². The second-order valence-corrected chi connectivity index (χ2v) is 6.52. The molecule has 0 unspecified atom stereocenters. The van der Waals surface area contributed by atoms with Crippen LogP contribution in [0.5, 0.6) is 11.5 Å². The van der Waals surface area contributed by atoms with Crippen LogP contribution in [0, 0.1) is 6.92 Å². The summed E-state index contributed by atoms with van der Waals surface area (Å²) in [4.78, 5) is 14.5. The first kappa shape index (κ1) is 17.4. The van der Waals surface area contributed by atoms with Crippen LogP contribution in [-0.4, -0.2) is 27.2 Å². The van der Waals surface area contributed by atoms with E-state index in [1.54, 1.807) is 39.5 Å². The monoisotopic (exact) mass is 403 g/mol. The number of anilines is 1. The predicted octanol–water partition coefficient (Wildman–Crippen LogP) is 4.80. The maximum Gasteiger partial charge on any atom is 0.294 e. The molecular formula is C19H18BrNO4. The first-order valence-electron chi connectivity index (χ1n) is 7.65. The number of hydrogen-bond acceptors (Lipinski definition) is 4. The van der Waals surface area contributed by atoms with Gasteiger partial charge in [0.05, 0.1) is 14.2 Å². The molecule has 0 saturated heterocycles. The van der Waals surface area contributed by atoms with E-state index < -0.39 is 0 Å². The molecule has 130 valence electrons. The van der Waals surface area contributed by atoms with E-state index in [4.69, 9.17) is 13.9 Å². The highest BCUT2D eigenvalue weighted by atomic mass is 79.9. The van der Waals surface area contributed by atoms with Crippen molar-refractivity contribution in [3.63, 3.8) is 0 Å². The Morgan fingerprint density at radius 3 is 2.48 bits per heavy atom. The van der Waals surface area contributed by atoms with E-state index in [2.05, 4.69) is 15.9 Å². The van der Waals surface area contributed by atoms with Gasteiger partial charge < -0.3 is 18.8 Å². The molecule has 5 nitrogen and oxygen atoms in total. The molecule has 1 amide bonds. The minimum Gasteiger partial charge on any atom is -0.493 e. The van der Waals surface area contributed by atoms with Crippen molar-refractivity contribution in [2.75, 3.05) is 26.2 Å². The molecule has 0 radical (unpaired) electrons. The van der Waals surface area contributed by atoms with Crippen LogP contribution in [-0.2, 0) is 0 Å². The van der Waals surface area contributed by atoms with Crippen LogP contribution in [0.2, 0.25) is 0 Å². The lowest BCUT2D eigenvalue weighted by Crippen LogP contribution is -2.26. The zero-order chi connectivity index (χ0) is 18.1. The van der Waals surface area contributed by atoms with Crippen LogP contribution >= 0.6 is 15.9 Å². The molecule has 3 rings (SSSR count). The van der Waals surface area contributed by atoms with Crippen molar-refractivity contribution in [2.24, 2.45) is 0 Å². The van der Waals surface area contributed by atoms with E-state index in [-0.39, 0.29) is 5.91 Å². The maximum absolute atomic E-state index is 12.9. The van der Waals surface area contributed by atoms with Crippen LogP contribution in [0.3, 0.4) is 0 Å². The minimum atomic E-state index is -0.225. The van der Waals surface area contributed by atoms with Gasteiger partial charge in [-0.05, 0) is 37.3 Å². The topological polar surface area (TPSA) is 51.9 Å². The van der Waals surface area contributed by atoms with E-state index in [0.717, 1.165) is 15.4 Å². The summed E-state index contributed by atoms with van der Waals surface area (Å²) in [5.41, 5.74) is 2.18. The highest BCUT2D eigenvalue weighted by molar-refractivity contribution is 9.10. The molecular weight excluding hydrogens is 386 g/mol. The summed E-state index contributed by atoms with van der Waals surface area (Å²) in [6.07, 6.45) is 0. The fourth-order valence-electron chi connectivity index (χ4n) is 2.70. The highest BCUT2D eigenvalue weighted by Crippen LogP contribution is 2.33. The van der Waals surface area contributed by atoms with Gasteiger partial charge in [0.15, 0.2) is 17.3 Å². The summed E-state index contributed by atoms with van der Waals surface area (Å²) in [6.45, 7) is 1.88. The van der Waals surface area contributed by atoms with Crippen LogP contribution < -0.4 is 14.4 Å². The number of aryl methyl sites for hydroxylation is 1. The fraction of sp³-hybridized carbons (Fsp3) is 0.211. The molecule has 0 bridgehead atoms.